The fourth-order valence-corrected chi connectivity index (χ4v) is 9.78. The Morgan fingerprint density at radius 2 is 0.500 bits per heavy atom. The molecular formula is C44H20. The lowest BCUT2D eigenvalue weighted by Crippen LogP contribution is -1.98. The SMILES string of the molecule is c1ccc2c(c1)cc1cc3cc4cccc5c6cccc7cc8cc9cc%10ccccc%10c%10c9c9c8c(c76)c(c45)c3c9c1c2%10. The monoisotopic (exact) mass is 548 g/mol. The minimum absolute atomic E-state index is 1.31. The van der Waals surface area contributed by atoms with Crippen LogP contribution in [-0.4, -0.2) is 0 Å². The number of hydrogen-bond acceptors (Lipinski definition) is 0. The van der Waals surface area contributed by atoms with E-state index in [2.05, 4.69) is 121 Å². The lowest BCUT2D eigenvalue weighted by molar-refractivity contribution is 1.80. The minimum Gasteiger partial charge on any atom is -0.0616 e. The van der Waals surface area contributed by atoms with E-state index in [0.29, 0.717) is 0 Å². The van der Waals surface area contributed by atoms with E-state index >= 15 is 0 Å². The van der Waals surface area contributed by atoms with Crippen molar-refractivity contribution in [2.24, 2.45) is 0 Å². The van der Waals surface area contributed by atoms with Crippen molar-refractivity contribution in [1.82, 2.24) is 0 Å². The molecule has 44 heavy (non-hydrogen) atoms. The Balaban J connectivity index is 1.56. The summed E-state index contributed by atoms with van der Waals surface area (Å²) in [6, 6.07) is 46.7. The highest BCUT2D eigenvalue weighted by atomic mass is 14.3. The van der Waals surface area contributed by atoms with Gasteiger partial charge in [0.15, 0.2) is 0 Å². The summed E-state index contributed by atoms with van der Waals surface area (Å²) in [6.07, 6.45) is 0. The molecule has 0 saturated carbocycles. The van der Waals surface area contributed by atoms with Gasteiger partial charge in [-0.3, -0.25) is 0 Å². The van der Waals surface area contributed by atoms with Crippen molar-refractivity contribution < 1.29 is 0 Å². The molecule has 0 amide bonds. The molecule has 0 aliphatic rings. The molecule has 13 aromatic rings. The Labute approximate surface area is 250 Å². The summed E-state index contributed by atoms with van der Waals surface area (Å²) < 4.78 is 0. The fourth-order valence-electron chi connectivity index (χ4n) is 9.78. The van der Waals surface area contributed by atoms with Gasteiger partial charge in [-0.1, -0.05) is 84.9 Å². The average Bonchev–Trinajstić information content (AvgIpc) is 3.06. The molecule has 0 aliphatic heterocycles. The molecule has 0 radical (unpaired) electrons. The zero-order valence-electron chi connectivity index (χ0n) is 23.5. The van der Waals surface area contributed by atoms with Gasteiger partial charge in [0, 0.05) is 0 Å². The van der Waals surface area contributed by atoms with Crippen LogP contribution in [0, 0.1) is 0 Å². The van der Waals surface area contributed by atoms with Gasteiger partial charge in [0.05, 0.1) is 0 Å². The first-order valence-corrected chi connectivity index (χ1v) is 15.6. The van der Waals surface area contributed by atoms with E-state index in [-0.39, 0.29) is 0 Å². The highest BCUT2D eigenvalue weighted by Crippen LogP contribution is 2.57. The second kappa shape index (κ2) is 6.59. The van der Waals surface area contributed by atoms with Crippen molar-refractivity contribution in [2.75, 3.05) is 0 Å². The van der Waals surface area contributed by atoms with Gasteiger partial charge in [0.1, 0.15) is 0 Å². The number of benzene rings is 13. The van der Waals surface area contributed by atoms with Crippen LogP contribution >= 0.6 is 0 Å². The lowest BCUT2D eigenvalue weighted by Gasteiger charge is -2.27. The van der Waals surface area contributed by atoms with Crippen molar-refractivity contribution >= 4 is 129 Å². The Bertz CT molecular complexity index is 3070. The maximum atomic E-state index is 2.49. The van der Waals surface area contributed by atoms with Crippen molar-refractivity contribution in [3.63, 3.8) is 0 Å². The number of rotatable bonds is 0. The quantitative estimate of drug-likeness (QED) is 0.131. The molecule has 0 saturated heterocycles. The summed E-state index contributed by atoms with van der Waals surface area (Å²) in [7, 11) is 0. The summed E-state index contributed by atoms with van der Waals surface area (Å²) in [5.74, 6) is 0. The first kappa shape index (κ1) is 21.0. The molecule has 0 aromatic heterocycles. The summed E-state index contributed by atoms with van der Waals surface area (Å²) >= 11 is 0. The standard InChI is InChI=1S/C44H20/c1-3-11-29-21(7-1)15-25-19-27-17-23-9-5-13-31-32-14-6-10-24-18-28-20-26-16-22-8-2-4-12-30(22)40-36(26)44-38(28)42(34(24)32)41(33(23)31)37(27)43(44)35(25)39(29)40/h1-20H. The van der Waals surface area contributed by atoms with E-state index in [4.69, 9.17) is 0 Å². The molecule has 0 heterocycles. The zero-order valence-corrected chi connectivity index (χ0v) is 23.5. The van der Waals surface area contributed by atoms with Crippen LogP contribution in [0.15, 0.2) is 121 Å². The molecule has 13 rings (SSSR count). The second-order valence-electron chi connectivity index (χ2n) is 13.2. The molecule has 0 unspecified atom stereocenters. The molecule has 0 fully saturated rings. The van der Waals surface area contributed by atoms with Crippen LogP contribution in [0.2, 0.25) is 0 Å². The van der Waals surface area contributed by atoms with Gasteiger partial charge in [0.25, 0.3) is 0 Å². The first-order chi connectivity index (χ1) is 21.8. The molecule has 196 valence electrons. The van der Waals surface area contributed by atoms with E-state index in [1.165, 1.54) is 129 Å². The van der Waals surface area contributed by atoms with Gasteiger partial charge in [-0.25, -0.2) is 0 Å². The van der Waals surface area contributed by atoms with Crippen molar-refractivity contribution in [3.8, 4) is 0 Å². The molecule has 0 atom stereocenters. The first-order valence-electron chi connectivity index (χ1n) is 15.6. The lowest BCUT2D eigenvalue weighted by atomic mass is 9.75. The van der Waals surface area contributed by atoms with Crippen molar-refractivity contribution in [2.45, 2.75) is 0 Å². The van der Waals surface area contributed by atoms with E-state index in [9.17, 15) is 0 Å². The normalized spacial score (nSPS) is 13.5. The van der Waals surface area contributed by atoms with E-state index in [1.807, 2.05) is 0 Å². The molecule has 0 bridgehead atoms. The van der Waals surface area contributed by atoms with Crippen LogP contribution in [0.3, 0.4) is 0 Å². The predicted octanol–water partition coefficient (Wildman–Crippen LogP) is 12.7. The van der Waals surface area contributed by atoms with E-state index in [0.717, 1.165) is 0 Å². The van der Waals surface area contributed by atoms with Crippen molar-refractivity contribution in [1.29, 1.82) is 0 Å². The molecule has 0 heteroatoms. The van der Waals surface area contributed by atoms with Crippen LogP contribution in [0.25, 0.3) is 129 Å². The van der Waals surface area contributed by atoms with Crippen LogP contribution in [0.4, 0.5) is 0 Å². The Kier molecular flexibility index (Phi) is 3.15. The van der Waals surface area contributed by atoms with Crippen LogP contribution in [0.5, 0.6) is 0 Å². The van der Waals surface area contributed by atoms with Gasteiger partial charge < -0.3 is 0 Å². The van der Waals surface area contributed by atoms with Gasteiger partial charge in [-0.2, -0.15) is 0 Å². The highest BCUT2D eigenvalue weighted by molar-refractivity contribution is 6.57. The van der Waals surface area contributed by atoms with Gasteiger partial charge >= 0.3 is 0 Å². The summed E-state index contributed by atoms with van der Waals surface area (Å²) in [5.41, 5.74) is 0. The molecule has 0 aliphatic carbocycles. The molecule has 0 N–H and O–H groups in total. The van der Waals surface area contributed by atoms with E-state index < -0.39 is 0 Å². The minimum atomic E-state index is 1.31. The van der Waals surface area contributed by atoms with Crippen molar-refractivity contribution in [3.05, 3.63) is 121 Å². The van der Waals surface area contributed by atoms with Crippen LogP contribution in [-0.2, 0) is 0 Å². The summed E-state index contributed by atoms with van der Waals surface area (Å²) in [6.45, 7) is 0. The largest absolute Gasteiger partial charge is 0.0616 e. The van der Waals surface area contributed by atoms with Crippen LogP contribution in [0.1, 0.15) is 0 Å². The van der Waals surface area contributed by atoms with E-state index in [1.54, 1.807) is 0 Å². The highest BCUT2D eigenvalue weighted by Gasteiger charge is 2.28. The predicted molar refractivity (Wildman–Crippen MR) is 192 cm³/mol. The fraction of sp³-hybridized carbons (Fsp3) is 0. The van der Waals surface area contributed by atoms with Gasteiger partial charge in [-0.05, 0) is 166 Å². The third kappa shape index (κ3) is 2.05. The number of hydrogen-bond donors (Lipinski definition) is 0. The Hall–Kier alpha value is -5.72. The summed E-state index contributed by atoms with van der Waals surface area (Å²) in [4.78, 5) is 0. The average molecular weight is 549 g/mol. The maximum Gasteiger partial charge on any atom is -0.0000910 e. The van der Waals surface area contributed by atoms with Gasteiger partial charge in [0.2, 0.25) is 0 Å². The number of fused-ring (bicyclic) bond motifs is 6. The molecule has 13 aromatic carbocycles. The third-order valence-electron chi connectivity index (χ3n) is 11.2. The second-order valence-corrected chi connectivity index (χ2v) is 13.2. The van der Waals surface area contributed by atoms with Gasteiger partial charge in [-0.15, -0.1) is 0 Å². The zero-order chi connectivity index (χ0) is 28.0. The Morgan fingerprint density at radius 3 is 0.977 bits per heavy atom. The third-order valence-corrected chi connectivity index (χ3v) is 11.2. The Morgan fingerprint density at radius 1 is 0.182 bits per heavy atom. The smallest absolute Gasteiger partial charge is 0.0000910 e. The molecule has 0 nitrogen and oxygen atoms in total. The molecule has 0 spiro atoms. The maximum absolute atomic E-state index is 2.49. The van der Waals surface area contributed by atoms with Crippen LogP contribution < -0.4 is 0 Å². The summed E-state index contributed by atoms with van der Waals surface area (Å²) in [5, 5.41) is 33.3. The topological polar surface area (TPSA) is 0 Å². The molecular weight excluding hydrogens is 528 g/mol.